The van der Waals surface area contributed by atoms with Crippen LogP contribution >= 0.6 is 0 Å². The molecule has 0 radical (unpaired) electrons. The molecule has 1 heterocycles. The average molecular weight is 417 g/mol. The summed E-state index contributed by atoms with van der Waals surface area (Å²) < 4.78 is 39.7. The molecule has 0 aliphatic heterocycles. The van der Waals surface area contributed by atoms with Crippen LogP contribution in [0.3, 0.4) is 0 Å². The molecule has 0 atom stereocenters. The molecule has 30 heavy (non-hydrogen) atoms. The third kappa shape index (κ3) is 4.51. The summed E-state index contributed by atoms with van der Waals surface area (Å²) in [6.07, 6.45) is -3.68. The van der Waals surface area contributed by atoms with E-state index in [1.807, 2.05) is 0 Å². The van der Waals surface area contributed by atoms with Crippen molar-refractivity contribution in [2.75, 3.05) is 10.6 Å². The van der Waals surface area contributed by atoms with Crippen LogP contribution in [0.2, 0.25) is 0 Å². The summed E-state index contributed by atoms with van der Waals surface area (Å²) in [5.74, 6) is -0.781. The molecule has 3 aromatic rings. The van der Waals surface area contributed by atoms with Crippen LogP contribution in [-0.4, -0.2) is 20.7 Å². The summed E-state index contributed by atoms with van der Waals surface area (Å²) >= 11 is 0. The minimum atomic E-state index is -4.66. The number of ketones is 1. The van der Waals surface area contributed by atoms with Crippen molar-refractivity contribution >= 4 is 34.5 Å². The number of nitrogens with one attached hydrogen (secondary N) is 2. The van der Waals surface area contributed by atoms with Gasteiger partial charge < -0.3 is 10.6 Å². The summed E-state index contributed by atoms with van der Waals surface area (Å²) in [4.78, 5) is 29.8. The van der Waals surface area contributed by atoms with Crippen LogP contribution in [0.4, 0.5) is 41.9 Å². The van der Waals surface area contributed by atoms with Crippen LogP contribution < -0.4 is 10.6 Å². The van der Waals surface area contributed by atoms with E-state index in [0.29, 0.717) is 11.3 Å². The number of carbonyl (C=O) groups is 1. The second-order valence-corrected chi connectivity index (χ2v) is 6.10. The Balaban J connectivity index is 1.98. The Bertz CT molecular complexity index is 1100. The molecule has 3 rings (SSSR count). The summed E-state index contributed by atoms with van der Waals surface area (Å²) in [7, 11) is 0. The molecule has 0 unspecified atom stereocenters. The first kappa shape index (κ1) is 20.7. The van der Waals surface area contributed by atoms with Crippen LogP contribution in [0.25, 0.3) is 0 Å². The minimum absolute atomic E-state index is 0.149. The molecule has 1 aromatic heterocycles. The van der Waals surface area contributed by atoms with E-state index in [0.717, 1.165) is 18.5 Å². The third-order valence-electron chi connectivity index (χ3n) is 4.04. The maximum atomic E-state index is 13.2. The highest BCUT2D eigenvalue weighted by Crippen LogP contribution is 2.38. The van der Waals surface area contributed by atoms with Crippen LogP contribution in [0.5, 0.6) is 0 Å². The van der Waals surface area contributed by atoms with Gasteiger partial charge in [-0.15, -0.1) is 0 Å². The maximum Gasteiger partial charge on any atom is 0.418 e. The zero-order chi connectivity index (χ0) is 21.9. The number of halogens is 3. The summed E-state index contributed by atoms with van der Waals surface area (Å²) in [5, 5.41) is 16.7. The fraction of sp³-hybridized carbons (Fsp3) is 0.105. The molecule has 0 aliphatic rings. The van der Waals surface area contributed by atoms with Crippen LogP contribution in [0.15, 0.2) is 54.9 Å². The Labute approximate surface area is 167 Å². The van der Waals surface area contributed by atoms with Crippen molar-refractivity contribution < 1.29 is 22.9 Å². The van der Waals surface area contributed by atoms with Crippen molar-refractivity contribution in [3.63, 3.8) is 0 Å². The number of nitro groups is 1. The number of para-hydroxylation sites is 1. The Morgan fingerprint density at radius 1 is 1.00 bits per heavy atom. The van der Waals surface area contributed by atoms with E-state index in [9.17, 15) is 28.1 Å². The quantitative estimate of drug-likeness (QED) is 0.326. The highest BCUT2D eigenvalue weighted by atomic mass is 19.4. The van der Waals surface area contributed by atoms with E-state index in [2.05, 4.69) is 20.6 Å². The molecule has 0 amide bonds. The fourth-order valence-corrected chi connectivity index (χ4v) is 2.63. The number of carbonyl (C=O) groups excluding carboxylic acids is 1. The lowest BCUT2D eigenvalue weighted by Crippen LogP contribution is -2.10. The number of rotatable bonds is 6. The summed E-state index contributed by atoms with van der Waals surface area (Å²) in [5.41, 5.74) is -1.17. The van der Waals surface area contributed by atoms with Gasteiger partial charge in [-0.25, -0.2) is 9.97 Å². The van der Waals surface area contributed by atoms with E-state index >= 15 is 0 Å². The van der Waals surface area contributed by atoms with E-state index < -0.39 is 28.2 Å². The Kier molecular flexibility index (Phi) is 5.63. The Hall–Kier alpha value is -4.02. The molecule has 2 N–H and O–H groups in total. The normalized spacial score (nSPS) is 11.1. The van der Waals surface area contributed by atoms with Crippen molar-refractivity contribution in [2.24, 2.45) is 0 Å². The van der Waals surface area contributed by atoms with Gasteiger partial charge in [0, 0.05) is 11.3 Å². The van der Waals surface area contributed by atoms with Gasteiger partial charge >= 0.3 is 11.9 Å². The van der Waals surface area contributed by atoms with E-state index in [1.165, 1.54) is 43.3 Å². The molecule has 0 fully saturated rings. The Morgan fingerprint density at radius 2 is 1.60 bits per heavy atom. The van der Waals surface area contributed by atoms with Gasteiger partial charge in [-0.05, 0) is 43.3 Å². The second-order valence-electron chi connectivity index (χ2n) is 6.10. The fourth-order valence-electron chi connectivity index (χ4n) is 2.63. The molecule has 2 aromatic carbocycles. The number of anilines is 4. The monoisotopic (exact) mass is 417 g/mol. The molecule has 11 heteroatoms. The number of nitrogens with zero attached hydrogens (tertiary/aromatic N) is 3. The predicted molar refractivity (Wildman–Crippen MR) is 103 cm³/mol. The predicted octanol–water partition coefficient (Wildman–Crippen LogP) is 5.09. The Morgan fingerprint density at radius 3 is 2.17 bits per heavy atom. The van der Waals surface area contributed by atoms with Crippen LogP contribution in [0, 0.1) is 10.1 Å². The molecule has 154 valence electrons. The molecule has 0 bridgehead atoms. The van der Waals surface area contributed by atoms with Gasteiger partial charge in [0.2, 0.25) is 11.6 Å². The molecule has 0 spiro atoms. The first-order chi connectivity index (χ1) is 14.2. The van der Waals surface area contributed by atoms with Crippen molar-refractivity contribution in [3.8, 4) is 0 Å². The van der Waals surface area contributed by atoms with E-state index in [4.69, 9.17) is 0 Å². The number of hydrogen-bond donors (Lipinski definition) is 2. The molecule has 0 aliphatic carbocycles. The molecule has 0 saturated carbocycles. The maximum absolute atomic E-state index is 13.2. The van der Waals surface area contributed by atoms with Gasteiger partial charge in [-0.2, -0.15) is 13.2 Å². The second kappa shape index (κ2) is 8.15. The molecule has 8 nitrogen and oxygen atoms in total. The molecular weight excluding hydrogens is 403 g/mol. The van der Waals surface area contributed by atoms with Gasteiger partial charge in [0.25, 0.3) is 0 Å². The lowest BCUT2D eigenvalue weighted by atomic mass is 10.1. The number of Topliss-reactive ketones (excluding diaryl/α,β-unsaturated/α-hetero) is 1. The molecular formula is C19H14F3N5O3. The van der Waals surface area contributed by atoms with Crippen molar-refractivity contribution in [1.82, 2.24) is 9.97 Å². The van der Waals surface area contributed by atoms with Gasteiger partial charge in [0.15, 0.2) is 5.78 Å². The summed E-state index contributed by atoms with van der Waals surface area (Å²) in [6.45, 7) is 1.40. The van der Waals surface area contributed by atoms with Crippen LogP contribution in [-0.2, 0) is 6.18 Å². The molecule has 0 saturated heterocycles. The lowest BCUT2D eigenvalue weighted by Gasteiger charge is -2.14. The van der Waals surface area contributed by atoms with Crippen molar-refractivity contribution in [3.05, 3.63) is 76.1 Å². The minimum Gasteiger partial charge on any atom is -0.334 e. The third-order valence-corrected chi connectivity index (χ3v) is 4.04. The van der Waals surface area contributed by atoms with Crippen LogP contribution in [0.1, 0.15) is 22.8 Å². The topological polar surface area (TPSA) is 110 Å². The van der Waals surface area contributed by atoms with Crippen molar-refractivity contribution in [1.29, 1.82) is 0 Å². The van der Waals surface area contributed by atoms with Gasteiger partial charge in [0.05, 0.1) is 16.2 Å². The summed E-state index contributed by atoms with van der Waals surface area (Å²) in [6, 6.07) is 10.7. The highest BCUT2D eigenvalue weighted by Gasteiger charge is 2.34. The van der Waals surface area contributed by atoms with Gasteiger partial charge in [-0.1, -0.05) is 12.1 Å². The van der Waals surface area contributed by atoms with E-state index in [-0.39, 0.29) is 17.3 Å². The average Bonchev–Trinajstić information content (AvgIpc) is 2.68. The largest absolute Gasteiger partial charge is 0.418 e. The standard InChI is InChI=1S/C19H14F3N5O3/c1-11(28)12-6-8-13(9-7-12)25-17-16(27(29)30)18(24-10-23-17)26-15-5-3-2-4-14(15)19(20,21)22/h2-10H,1H3,(H2,23,24,25,26). The first-order valence-electron chi connectivity index (χ1n) is 8.47. The SMILES string of the molecule is CC(=O)c1ccc(Nc2ncnc(Nc3ccccc3C(F)(F)F)c2[N+](=O)[O-])cc1. The lowest BCUT2D eigenvalue weighted by molar-refractivity contribution is -0.383. The smallest absolute Gasteiger partial charge is 0.334 e. The zero-order valence-corrected chi connectivity index (χ0v) is 15.4. The number of hydrogen-bond acceptors (Lipinski definition) is 7. The number of alkyl halides is 3. The van der Waals surface area contributed by atoms with Gasteiger partial charge in [0.1, 0.15) is 6.33 Å². The number of aromatic nitrogens is 2. The number of benzene rings is 2. The van der Waals surface area contributed by atoms with Crippen molar-refractivity contribution in [2.45, 2.75) is 13.1 Å². The highest BCUT2D eigenvalue weighted by molar-refractivity contribution is 5.94. The van der Waals surface area contributed by atoms with E-state index in [1.54, 1.807) is 0 Å². The first-order valence-corrected chi connectivity index (χ1v) is 8.47. The zero-order valence-electron chi connectivity index (χ0n) is 15.4. The van der Waals surface area contributed by atoms with Gasteiger partial charge in [-0.3, -0.25) is 14.9 Å².